The summed E-state index contributed by atoms with van der Waals surface area (Å²) in [5.41, 5.74) is 2.20. The fourth-order valence-corrected chi connectivity index (χ4v) is 3.57. The molecule has 1 amide bonds. The second-order valence-corrected chi connectivity index (χ2v) is 7.50. The molecule has 2 aromatic heterocycles. The van der Waals surface area contributed by atoms with E-state index in [1.807, 2.05) is 41.6 Å². The summed E-state index contributed by atoms with van der Waals surface area (Å²) >= 11 is 0. The number of hydrogen-bond donors (Lipinski definition) is 0. The summed E-state index contributed by atoms with van der Waals surface area (Å²) in [5, 5.41) is 0. The van der Waals surface area contributed by atoms with Gasteiger partial charge in [0.05, 0.1) is 13.7 Å². The SMILES string of the molecule is COc1ccc(Cn2ccnc2CN(Cc2cccnc2)C(=O)C2CCC2)cc1. The number of rotatable bonds is 8. The molecule has 0 bridgehead atoms. The first kappa shape index (κ1) is 19.2. The second kappa shape index (κ2) is 8.90. The fraction of sp³-hybridized carbons (Fsp3) is 0.348. The number of carbonyl (C=O) groups excluding carboxylic acids is 1. The summed E-state index contributed by atoms with van der Waals surface area (Å²) in [6.07, 6.45) is 10.5. The molecule has 1 saturated carbocycles. The molecule has 0 N–H and O–H groups in total. The molecule has 1 aromatic carbocycles. The number of amides is 1. The fourth-order valence-electron chi connectivity index (χ4n) is 3.57. The highest BCUT2D eigenvalue weighted by Crippen LogP contribution is 2.29. The summed E-state index contributed by atoms with van der Waals surface area (Å²) in [6.45, 7) is 1.75. The largest absolute Gasteiger partial charge is 0.497 e. The topological polar surface area (TPSA) is 60.2 Å². The van der Waals surface area contributed by atoms with Gasteiger partial charge in [0.15, 0.2) is 0 Å². The predicted octanol–water partition coefficient (Wildman–Crippen LogP) is 3.66. The Hall–Kier alpha value is -3.15. The highest BCUT2D eigenvalue weighted by Gasteiger charge is 2.30. The van der Waals surface area contributed by atoms with Crippen LogP contribution in [0.15, 0.2) is 61.2 Å². The Morgan fingerprint density at radius 3 is 2.62 bits per heavy atom. The maximum atomic E-state index is 13.1. The second-order valence-electron chi connectivity index (χ2n) is 7.50. The number of imidazole rings is 1. The Bertz CT molecular complexity index is 933. The molecule has 0 atom stereocenters. The van der Waals surface area contributed by atoms with Crippen molar-refractivity contribution >= 4 is 5.91 Å². The average molecular weight is 390 g/mol. The number of pyridine rings is 1. The van der Waals surface area contributed by atoms with Crippen LogP contribution in [-0.4, -0.2) is 32.5 Å². The Morgan fingerprint density at radius 1 is 1.14 bits per heavy atom. The van der Waals surface area contributed by atoms with Crippen molar-refractivity contribution in [2.24, 2.45) is 5.92 Å². The zero-order valence-electron chi connectivity index (χ0n) is 16.7. The van der Waals surface area contributed by atoms with E-state index in [1.54, 1.807) is 19.5 Å². The molecule has 2 heterocycles. The first-order valence-corrected chi connectivity index (χ1v) is 10.0. The van der Waals surface area contributed by atoms with E-state index in [9.17, 15) is 4.79 Å². The summed E-state index contributed by atoms with van der Waals surface area (Å²) in [5.74, 6) is 2.10. The van der Waals surface area contributed by atoms with E-state index < -0.39 is 0 Å². The van der Waals surface area contributed by atoms with Crippen molar-refractivity contribution in [3.63, 3.8) is 0 Å². The lowest BCUT2D eigenvalue weighted by molar-refractivity contribution is -0.139. The Balaban J connectivity index is 1.51. The van der Waals surface area contributed by atoms with Gasteiger partial charge in [-0.15, -0.1) is 0 Å². The molecule has 0 saturated heterocycles. The third kappa shape index (κ3) is 4.65. The van der Waals surface area contributed by atoms with Gasteiger partial charge in [-0.25, -0.2) is 4.98 Å². The van der Waals surface area contributed by atoms with Crippen LogP contribution in [0.2, 0.25) is 0 Å². The van der Waals surface area contributed by atoms with Gasteiger partial charge in [0.25, 0.3) is 0 Å². The van der Waals surface area contributed by atoms with E-state index in [0.29, 0.717) is 19.6 Å². The zero-order valence-corrected chi connectivity index (χ0v) is 16.7. The Kier molecular flexibility index (Phi) is 5.89. The van der Waals surface area contributed by atoms with Gasteiger partial charge in [0.2, 0.25) is 5.91 Å². The quantitative estimate of drug-likeness (QED) is 0.589. The molecule has 1 aliphatic carbocycles. The molecule has 150 valence electrons. The van der Waals surface area contributed by atoms with E-state index in [1.165, 1.54) is 0 Å². The number of hydrogen-bond acceptors (Lipinski definition) is 4. The smallest absolute Gasteiger partial charge is 0.226 e. The van der Waals surface area contributed by atoms with Crippen LogP contribution in [0.1, 0.15) is 36.2 Å². The van der Waals surface area contributed by atoms with E-state index in [2.05, 4.69) is 26.7 Å². The molecule has 0 radical (unpaired) electrons. The number of ether oxygens (including phenoxy) is 1. The van der Waals surface area contributed by atoms with Crippen LogP contribution in [0.3, 0.4) is 0 Å². The summed E-state index contributed by atoms with van der Waals surface area (Å²) in [7, 11) is 1.67. The maximum absolute atomic E-state index is 13.1. The molecular weight excluding hydrogens is 364 g/mol. The third-order valence-electron chi connectivity index (χ3n) is 5.51. The van der Waals surface area contributed by atoms with Gasteiger partial charge >= 0.3 is 0 Å². The van der Waals surface area contributed by atoms with E-state index >= 15 is 0 Å². The van der Waals surface area contributed by atoms with Crippen molar-refractivity contribution in [2.75, 3.05) is 7.11 Å². The first-order chi connectivity index (χ1) is 14.2. The predicted molar refractivity (Wildman–Crippen MR) is 110 cm³/mol. The molecule has 3 aromatic rings. The van der Waals surface area contributed by atoms with Crippen molar-refractivity contribution in [1.82, 2.24) is 19.4 Å². The van der Waals surface area contributed by atoms with E-state index in [-0.39, 0.29) is 11.8 Å². The molecule has 29 heavy (non-hydrogen) atoms. The molecule has 6 nitrogen and oxygen atoms in total. The molecule has 1 fully saturated rings. The van der Waals surface area contributed by atoms with Crippen LogP contribution in [0, 0.1) is 5.92 Å². The highest BCUT2D eigenvalue weighted by atomic mass is 16.5. The van der Waals surface area contributed by atoms with Gasteiger partial charge in [-0.05, 0) is 42.2 Å². The van der Waals surface area contributed by atoms with E-state index in [4.69, 9.17) is 4.74 Å². The van der Waals surface area contributed by atoms with Crippen LogP contribution >= 0.6 is 0 Å². The van der Waals surface area contributed by atoms with Crippen LogP contribution in [-0.2, 0) is 24.4 Å². The summed E-state index contributed by atoms with van der Waals surface area (Å²) in [6, 6.07) is 11.9. The number of nitrogens with zero attached hydrogens (tertiary/aromatic N) is 4. The van der Waals surface area contributed by atoms with Gasteiger partial charge in [-0.1, -0.05) is 24.6 Å². The molecule has 0 unspecified atom stereocenters. The molecule has 4 rings (SSSR count). The van der Waals surface area contributed by atoms with Crippen molar-refractivity contribution in [3.05, 3.63) is 78.1 Å². The Labute approximate surface area is 171 Å². The van der Waals surface area contributed by atoms with Crippen molar-refractivity contribution in [1.29, 1.82) is 0 Å². The molecular formula is C23H26N4O2. The molecule has 0 aliphatic heterocycles. The van der Waals surface area contributed by atoms with Gasteiger partial charge in [0.1, 0.15) is 11.6 Å². The lowest BCUT2D eigenvalue weighted by Crippen LogP contribution is -2.38. The molecule has 6 heteroatoms. The Morgan fingerprint density at radius 2 is 1.97 bits per heavy atom. The average Bonchev–Trinajstić information content (AvgIpc) is 3.14. The minimum absolute atomic E-state index is 0.150. The number of methoxy groups -OCH3 is 1. The maximum Gasteiger partial charge on any atom is 0.226 e. The normalized spacial score (nSPS) is 13.7. The minimum atomic E-state index is 0.150. The minimum Gasteiger partial charge on any atom is -0.497 e. The van der Waals surface area contributed by atoms with Crippen LogP contribution < -0.4 is 4.74 Å². The summed E-state index contributed by atoms with van der Waals surface area (Å²) in [4.78, 5) is 23.7. The summed E-state index contributed by atoms with van der Waals surface area (Å²) < 4.78 is 7.34. The number of carbonyl (C=O) groups is 1. The van der Waals surface area contributed by atoms with Crippen LogP contribution in [0.4, 0.5) is 0 Å². The van der Waals surface area contributed by atoms with Crippen LogP contribution in [0.25, 0.3) is 0 Å². The van der Waals surface area contributed by atoms with Gasteiger partial charge in [-0.3, -0.25) is 9.78 Å². The van der Waals surface area contributed by atoms with Crippen molar-refractivity contribution in [3.8, 4) is 5.75 Å². The molecule has 0 spiro atoms. The monoisotopic (exact) mass is 390 g/mol. The third-order valence-corrected chi connectivity index (χ3v) is 5.51. The molecule has 1 aliphatic rings. The van der Waals surface area contributed by atoms with Gasteiger partial charge in [-0.2, -0.15) is 0 Å². The standard InChI is InChI=1S/C23H26N4O2/c1-29-21-9-7-18(8-10-21)15-26-13-12-25-22(26)17-27(23(28)20-5-2-6-20)16-19-4-3-11-24-14-19/h3-4,7-14,20H,2,5-6,15-17H2,1H3. The lowest BCUT2D eigenvalue weighted by atomic mass is 9.84. The lowest BCUT2D eigenvalue weighted by Gasteiger charge is -2.31. The number of aromatic nitrogens is 3. The van der Waals surface area contributed by atoms with Gasteiger partial charge in [0, 0.05) is 43.8 Å². The highest BCUT2D eigenvalue weighted by molar-refractivity contribution is 5.79. The zero-order chi connectivity index (χ0) is 20.1. The van der Waals surface area contributed by atoms with E-state index in [0.717, 1.165) is 42.0 Å². The van der Waals surface area contributed by atoms with Crippen LogP contribution in [0.5, 0.6) is 5.75 Å². The van der Waals surface area contributed by atoms with Gasteiger partial charge < -0.3 is 14.2 Å². The van der Waals surface area contributed by atoms with Crippen molar-refractivity contribution < 1.29 is 9.53 Å². The van der Waals surface area contributed by atoms with Crippen molar-refractivity contribution in [2.45, 2.75) is 38.9 Å². The number of benzene rings is 1. The first-order valence-electron chi connectivity index (χ1n) is 10.0.